The lowest BCUT2D eigenvalue weighted by molar-refractivity contribution is 0.0940. The number of amides is 1. The molecule has 0 aliphatic heterocycles. The van der Waals surface area contributed by atoms with E-state index in [1.165, 1.54) is 12.1 Å². The first-order valence-corrected chi connectivity index (χ1v) is 10.8. The Kier molecular flexibility index (Phi) is 6.03. The third-order valence-corrected chi connectivity index (χ3v) is 6.09. The summed E-state index contributed by atoms with van der Waals surface area (Å²) in [5.74, 6) is -0.210. The third kappa shape index (κ3) is 5.03. The van der Waals surface area contributed by atoms with Crippen LogP contribution < -0.4 is 10.0 Å². The summed E-state index contributed by atoms with van der Waals surface area (Å²) >= 11 is 0. The lowest BCUT2D eigenvalue weighted by Crippen LogP contribution is -2.26. The van der Waals surface area contributed by atoms with Crippen LogP contribution in [0.1, 0.15) is 40.0 Å². The third-order valence-electron chi connectivity index (χ3n) is 4.71. The summed E-state index contributed by atoms with van der Waals surface area (Å²) in [6.45, 7) is 5.71. The van der Waals surface area contributed by atoms with Crippen molar-refractivity contribution in [2.24, 2.45) is 0 Å². The molecular formula is C23H24N2O3S. The predicted molar refractivity (Wildman–Crippen MR) is 115 cm³/mol. The van der Waals surface area contributed by atoms with Gasteiger partial charge in [0.25, 0.3) is 15.9 Å². The van der Waals surface area contributed by atoms with E-state index in [9.17, 15) is 13.2 Å². The van der Waals surface area contributed by atoms with Crippen molar-refractivity contribution in [2.75, 3.05) is 4.72 Å². The predicted octanol–water partition coefficient (Wildman–Crippen LogP) is 4.60. The molecule has 0 aliphatic rings. The molecule has 0 unspecified atom stereocenters. The summed E-state index contributed by atoms with van der Waals surface area (Å²) in [6, 6.07) is 20.9. The van der Waals surface area contributed by atoms with Gasteiger partial charge in [0.1, 0.15) is 0 Å². The van der Waals surface area contributed by atoms with Crippen LogP contribution in [0.3, 0.4) is 0 Å². The summed E-state index contributed by atoms with van der Waals surface area (Å²) in [5, 5.41) is 2.98. The van der Waals surface area contributed by atoms with Gasteiger partial charge >= 0.3 is 0 Å². The quantitative estimate of drug-likeness (QED) is 0.626. The van der Waals surface area contributed by atoms with Crippen molar-refractivity contribution in [3.05, 3.63) is 95.1 Å². The molecule has 1 amide bonds. The fourth-order valence-corrected chi connectivity index (χ4v) is 4.09. The molecule has 0 saturated carbocycles. The smallest absolute Gasteiger partial charge is 0.261 e. The van der Waals surface area contributed by atoms with Crippen LogP contribution in [-0.4, -0.2) is 14.3 Å². The number of sulfonamides is 1. The van der Waals surface area contributed by atoms with E-state index < -0.39 is 10.0 Å². The second-order valence-electron chi connectivity index (χ2n) is 7.05. The molecule has 0 aliphatic carbocycles. The Labute approximate surface area is 171 Å². The monoisotopic (exact) mass is 408 g/mol. The minimum Gasteiger partial charge on any atom is -0.346 e. The molecule has 29 heavy (non-hydrogen) atoms. The van der Waals surface area contributed by atoms with Crippen LogP contribution >= 0.6 is 0 Å². The highest BCUT2D eigenvalue weighted by molar-refractivity contribution is 7.92. The first-order chi connectivity index (χ1) is 13.8. The van der Waals surface area contributed by atoms with Crippen molar-refractivity contribution in [1.82, 2.24) is 5.32 Å². The van der Waals surface area contributed by atoms with Crippen molar-refractivity contribution >= 4 is 21.6 Å². The zero-order valence-electron chi connectivity index (χ0n) is 16.6. The molecule has 0 saturated heterocycles. The fraction of sp³-hybridized carbons (Fsp3) is 0.174. The first kappa shape index (κ1) is 20.6. The summed E-state index contributed by atoms with van der Waals surface area (Å²) in [4.78, 5) is 12.8. The number of rotatable bonds is 6. The molecule has 2 N–H and O–H groups in total. The van der Waals surface area contributed by atoms with Crippen molar-refractivity contribution in [2.45, 2.75) is 31.7 Å². The second kappa shape index (κ2) is 8.49. The molecule has 3 aromatic rings. The number of hydrogen-bond donors (Lipinski definition) is 2. The zero-order chi connectivity index (χ0) is 21.0. The normalized spacial score (nSPS) is 12.2. The molecule has 3 aromatic carbocycles. The van der Waals surface area contributed by atoms with Gasteiger partial charge < -0.3 is 5.32 Å². The van der Waals surface area contributed by atoms with E-state index >= 15 is 0 Å². The number of anilines is 1. The van der Waals surface area contributed by atoms with Gasteiger partial charge in [-0.15, -0.1) is 0 Å². The van der Waals surface area contributed by atoms with Gasteiger partial charge in [0.15, 0.2) is 0 Å². The Bertz CT molecular complexity index is 1110. The molecule has 5 nitrogen and oxygen atoms in total. The van der Waals surface area contributed by atoms with Crippen LogP contribution in [0.4, 0.5) is 5.69 Å². The number of carbonyl (C=O) groups excluding carboxylic acids is 1. The Morgan fingerprint density at radius 1 is 0.897 bits per heavy atom. The molecule has 6 heteroatoms. The van der Waals surface area contributed by atoms with E-state index in [4.69, 9.17) is 0 Å². The average Bonchev–Trinajstić information content (AvgIpc) is 2.70. The summed E-state index contributed by atoms with van der Waals surface area (Å²) in [7, 11) is -3.68. The highest BCUT2D eigenvalue weighted by Crippen LogP contribution is 2.22. The minimum atomic E-state index is -3.68. The van der Waals surface area contributed by atoms with E-state index in [0.717, 1.165) is 11.1 Å². The van der Waals surface area contributed by atoms with Crippen molar-refractivity contribution in [1.29, 1.82) is 0 Å². The summed E-state index contributed by atoms with van der Waals surface area (Å²) in [5.41, 5.74) is 3.77. The number of hydrogen-bond acceptors (Lipinski definition) is 3. The Morgan fingerprint density at radius 2 is 1.55 bits per heavy atom. The molecule has 0 radical (unpaired) electrons. The van der Waals surface area contributed by atoms with Crippen molar-refractivity contribution in [3.63, 3.8) is 0 Å². The molecule has 3 rings (SSSR count). The lowest BCUT2D eigenvalue weighted by atomic mass is 10.1. The topological polar surface area (TPSA) is 75.3 Å². The van der Waals surface area contributed by atoms with Crippen LogP contribution in [0.2, 0.25) is 0 Å². The van der Waals surface area contributed by atoms with Gasteiger partial charge in [0.05, 0.1) is 16.6 Å². The Morgan fingerprint density at radius 3 is 2.17 bits per heavy atom. The Hall–Kier alpha value is -3.12. The standard InChI is InChI=1S/C23H24N2O3S/c1-16-9-11-19(12-10-16)18(3)24-23(26)20-13-14-22(17(2)15-20)25-29(27,28)21-7-5-4-6-8-21/h4-15,18,25H,1-3H3,(H,24,26)/t18-/m1/s1. The number of benzene rings is 3. The molecule has 0 spiro atoms. The molecule has 0 heterocycles. The van der Waals surface area contributed by atoms with E-state index in [-0.39, 0.29) is 16.8 Å². The molecule has 150 valence electrons. The SMILES string of the molecule is Cc1ccc([C@@H](C)NC(=O)c2ccc(NS(=O)(=O)c3ccccc3)c(C)c2)cc1. The summed E-state index contributed by atoms with van der Waals surface area (Å²) < 4.78 is 27.6. The van der Waals surface area contributed by atoms with Gasteiger partial charge in [-0.2, -0.15) is 0 Å². The van der Waals surface area contributed by atoms with Gasteiger partial charge in [-0.05, 0) is 62.2 Å². The minimum absolute atomic E-state index is 0.139. The molecule has 0 aromatic heterocycles. The maximum absolute atomic E-state index is 12.6. The average molecular weight is 409 g/mol. The maximum Gasteiger partial charge on any atom is 0.261 e. The zero-order valence-corrected chi connectivity index (χ0v) is 17.5. The molecule has 0 bridgehead atoms. The van der Waals surface area contributed by atoms with Crippen LogP contribution in [0.25, 0.3) is 0 Å². The van der Waals surface area contributed by atoms with Gasteiger partial charge in [0, 0.05) is 5.56 Å². The van der Waals surface area contributed by atoms with Crippen LogP contribution in [0.15, 0.2) is 77.7 Å². The summed E-state index contributed by atoms with van der Waals surface area (Å²) in [6.07, 6.45) is 0. The second-order valence-corrected chi connectivity index (χ2v) is 8.74. The largest absolute Gasteiger partial charge is 0.346 e. The Balaban J connectivity index is 1.73. The van der Waals surface area contributed by atoms with Crippen LogP contribution in [0.5, 0.6) is 0 Å². The highest BCUT2D eigenvalue weighted by Gasteiger charge is 2.16. The van der Waals surface area contributed by atoms with E-state index in [0.29, 0.717) is 16.8 Å². The van der Waals surface area contributed by atoms with Crippen molar-refractivity contribution in [3.8, 4) is 0 Å². The fourth-order valence-electron chi connectivity index (χ4n) is 2.94. The maximum atomic E-state index is 12.6. The molecular weight excluding hydrogens is 384 g/mol. The highest BCUT2D eigenvalue weighted by atomic mass is 32.2. The van der Waals surface area contributed by atoms with Gasteiger partial charge in [-0.25, -0.2) is 8.42 Å². The van der Waals surface area contributed by atoms with E-state index in [2.05, 4.69) is 10.0 Å². The number of aryl methyl sites for hydroxylation is 2. The number of nitrogens with one attached hydrogen (secondary N) is 2. The van der Waals surface area contributed by atoms with Gasteiger partial charge in [0.2, 0.25) is 0 Å². The first-order valence-electron chi connectivity index (χ1n) is 9.32. The van der Waals surface area contributed by atoms with Crippen LogP contribution in [0, 0.1) is 13.8 Å². The molecule has 0 fully saturated rings. The number of carbonyl (C=O) groups is 1. The van der Waals surface area contributed by atoms with Gasteiger partial charge in [-0.1, -0.05) is 48.0 Å². The van der Waals surface area contributed by atoms with Gasteiger partial charge in [-0.3, -0.25) is 9.52 Å². The van der Waals surface area contributed by atoms with Crippen LogP contribution in [-0.2, 0) is 10.0 Å². The van der Waals surface area contributed by atoms with E-state index in [1.807, 2.05) is 38.1 Å². The van der Waals surface area contributed by atoms with Crippen molar-refractivity contribution < 1.29 is 13.2 Å². The molecule has 1 atom stereocenters. The lowest BCUT2D eigenvalue weighted by Gasteiger charge is -2.16. The van der Waals surface area contributed by atoms with E-state index in [1.54, 1.807) is 43.3 Å².